The first kappa shape index (κ1) is 12.7. The molecule has 0 atom stereocenters. The number of ether oxygens (including phenoxy) is 1. The Morgan fingerprint density at radius 1 is 0.900 bits per heavy atom. The Labute approximate surface area is 119 Å². The van der Waals surface area contributed by atoms with Crippen LogP contribution in [0.3, 0.4) is 0 Å². The van der Waals surface area contributed by atoms with Crippen LogP contribution in [0.5, 0.6) is 5.75 Å². The molecule has 0 amide bonds. The van der Waals surface area contributed by atoms with Crippen LogP contribution in [0.4, 0.5) is 0 Å². The van der Waals surface area contributed by atoms with E-state index in [4.69, 9.17) is 4.74 Å². The lowest BCUT2D eigenvalue weighted by Gasteiger charge is -2.11. The number of fused-ring (bicyclic) bond motifs is 1. The zero-order valence-electron chi connectivity index (χ0n) is 12.1. The van der Waals surface area contributed by atoms with Crippen LogP contribution >= 0.6 is 0 Å². The molecule has 0 aliphatic heterocycles. The molecule has 0 N–H and O–H groups in total. The Hall–Kier alpha value is -2.35. The third kappa shape index (κ3) is 1.94. The number of pyridine rings is 1. The molecule has 2 heteroatoms. The van der Waals surface area contributed by atoms with E-state index in [1.54, 1.807) is 7.11 Å². The van der Waals surface area contributed by atoms with E-state index in [-0.39, 0.29) is 0 Å². The predicted octanol–water partition coefficient (Wildman–Crippen LogP) is 3.65. The highest BCUT2D eigenvalue weighted by Crippen LogP contribution is 2.35. The molecule has 100 valence electrons. The van der Waals surface area contributed by atoms with Crippen LogP contribution in [0.25, 0.3) is 22.0 Å². The lowest BCUT2D eigenvalue weighted by atomic mass is 10.00. The van der Waals surface area contributed by atoms with Gasteiger partial charge in [-0.2, -0.15) is 4.57 Å². The van der Waals surface area contributed by atoms with Gasteiger partial charge in [-0.1, -0.05) is 30.3 Å². The number of hydrogen-bond acceptors (Lipinski definition) is 1. The van der Waals surface area contributed by atoms with E-state index in [0.717, 1.165) is 11.3 Å². The molecule has 0 radical (unpaired) electrons. The van der Waals surface area contributed by atoms with E-state index < -0.39 is 0 Å². The Morgan fingerprint density at radius 3 is 2.50 bits per heavy atom. The predicted molar refractivity (Wildman–Crippen MR) is 81.8 cm³/mol. The molecular formula is C18H18NO+. The number of benzene rings is 2. The summed E-state index contributed by atoms with van der Waals surface area (Å²) in [4.78, 5) is 0. The minimum absolute atomic E-state index is 0.907. The van der Waals surface area contributed by atoms with E-state index in [9.17, 15) is 0 Å². The lowest BCUT2D eigenvalue weighted by Crippen LogP contribution is -2.34. The minimum Gasteiger partial charge on any atom is -0.496 e. The normalized spacial score (nSPS) is 10.8. The molecule has 20 heavy (non-hydrogen) atoms. The Bertz CT molecular complexity index is 777. The van der Waals surface area contributed by atoms with Gasteiger partial charge in [0.15, 0.2) is 5.69 Å². The van der Waals surface area contributed by atoms with Crippen molar-refractivity contribution in [2.24, 2.45) is 7.05 Å². The summed E-state index contributed by atoms with van der Waals surface area (Å²) in [5.74, 6) is 0.907. The van der Waals surface area contributed by atoms with E-state index in [2.05, 4.69) is 67.1 Å². The van der Waals surface area contributed by atoms with Gasteiger partial charge in [-0.25, -0.2) is 0 Å². The van der Waals surface area contributed by atoms with Crippen molar-refractivity contribution < 1.29 is 9.30 Å². The number of rotatable bonds is 2. The van der Waals surface area contributed by atoms with Gasteiger partial charge in [-0.3, -0.25) is 0 Å². The van der Waals surface area contributed by atoms with Crippen molar-refractivity contribution in [3.05, 3.63) is 60.3 Å². The van der Waals surface area contributed by atoms with Gasteiger partial charge in [0, 0.05) is 19.1 Å². The van der Waals surface area contributed by atoms with E-state index >= 15 is 0 Å². The molecule has 0 bridgehead atoms. The van der Waals surface area contributed by atoms with Gasteiger partial charge in [-0.15, -0.1) is 0 Å². The maximum absolute atomic E-state index is 5.59. The fourth-order valence-corrected chi connectivity index (χ4v) is 2.63. The molecule has 0 spiro atoms. The molecule has 3 aromatic rings. The van der Waals surface area contributed by atoms with Gasteiger partial charge in [0.2, 0.25) is 5.69 Å². The van der Waals surface area contributed by atoms with Crippen LogP contribution in [-0.4, -0.2) is 7.11 Å². The number of aryl methyl sites for hydroxylation is 1. The summed E-state index contributed by atoms with van der Waals surface area (Å²) in [5.41, 5.74) is 3.54. The number of hydrogen-bond donors (Lipinski definition) is 0. The first-order valence-corrected chi connectivity index (χ1v) is 6.74. The van der Waals surface area contributed by atoms with Crippen molar-refractivity contribution >= 4 is 10.8 Å². The third-order valence-electron chi connectivity index (χ3n) is 3.85. The largest absolute Gasteiger partial charge is 0.496 e. The molecule has 2 nitrogen and oxygen atoms in total. The second-order valence-corrected chi connectivity index (χ2v) is 4.98. The smallest absolute Gasteiger partial charge is 0.216 e. The van der Waals surface area contributed by atoms with Crippen LogP contribution in [-0.2, 0) is 7.05 Å². The van der Waals surface area contributed by atoms with Crippen molar-refractivity contribution in [2.45, 2.75) is 6.92 Å². The van der Waals surface area contributed by atoms with Crippen molar-refractivity contribution in [3.8, 4) is 17.0 Å². The van der Waals surface area contributed by atoms with Crippen LogP contribution in [0.2, 0.25) is 0 Å². The highest BCUT2D eigenvalue weighted by Gasteiger charge is 2.19. The van der Waals surface area contributed by atoms with Gasteiger partial charge in [0.25, 0.3) is 0 Å². The first-order valence-electron chi connectivity index (χ1n) is 6.74. The monoisotopic (exact) mass is 264 g/mol. The van der Waals surface area contributed by atoms with Crippen LogP contribution < -0.4 is 9.30 Å². The molecule has 0 aliphatic carbocycles. The van der Waals surface area contributed by atoms with Crippen molar-refractivity contribution in [3.63, 3.8) is 0 Å². The summed E-state index contributed by atoms with van der Waals surface area (Å²) in [7, 11) is 3.81. The minimum atomic E-state index is 0.907. The van der Waals surface area contributed by atoms with Gasteiger partial charge >= 0.3 is 0 Å². The molecule has 0 fully saturated rings. The number of methoxy groups -OCH3 is 1. The van der Waals surface area contributed by atoms with Gasteiger partial charge in [0.1, 0.15) is 12.8 Å². The fraction of sp³-hybridized carbons (Fsp3) is 0.167. The number of aromatic nitrogens is 1. The van der Waals surface area contributed by atoms with E-state index in [1.165, 1.54) is 22.2 Å². The number of nitrogens with zero attached hydrogens (tertiary/aromatic N) is 1. The highest BCUT2D eigenvalue weighted by molar-refractivity contribution is 5.98. The average molecular weight is 264 g/mol. The van der Waals surface area contributed by atoms with Gasteiger partial charge in [-0.05, 0) is 22.9 Å². The Balaban J connectivity index is 2.42. The molecular weight excluding hydrogens is 246 g/mol. The van der Waals surface area contributed by atoms with Crippen LogP contribution in [0.15, 0.2) is 54.6 Å². The summed E-state index contributed by atoms with van der Waals surface area (Å²) < 4.78 is 7.79. The van der Waals surface area contributed by atoms with Crippen molar-refractivity contribution in [2.75, 3.05) is 7.11 Å². The van der Waals surface area contributed by atoms with Crippen molar-refractivity contribution in [1.82, 2.24) is 0 Å². The Morgan fingerprint density at radius 2 is 1.70 bits per heavy atom. The maximum atomic E-state index is 5.59. The summed E-state index contributed by atoms with van der Waals surface area (Å²) in [6.07, 6.45) is 0. The van der Waals surface area contributed by atoms with E-state index in [0.29, 0.717) is 0 Å². The summed E-state index contributed by atoms with van der Waals surface area (Å²) in [5, 5.41) is 2.44. The second-order valence-electron chi connectivity index (χ2n) is 4.98. The summed E-state index contributed by atoms with van der Waals surface area (Å²) in [6, 6.07) is 18.9. The molecule has 1 aromatic heterocycles. The molecule has 1 heterocycles. The molecule has 0 unspecified atom stereocenters. The highest BCUT2D eigenvalue weighted by atomic mass is 16.5. The topological polar surface area (TPSA) is 13.1 Å². The van der Waals surface area contributed by atoms with Crippen molar-refractivity contribution in [1.29, 1.82) is 0 Å². The molecule has 2 aromatic carbocycles. The molecule has 0 aliphatic rings. The van der Waals surface area contributed by atoms with Crippen LogP contribution in [0, 0.1) is 6.92 Å². The molecule has 0 saturated heterocycles. The van der Waals surface area contributed by atoms with Gasteiger partial charge < -0.3 is 4.74 Å². The summed E-state index contributed by atoms with van der Waals surface area (Å²) in [6.45, 7) is 2.11. The zero-order valence-corrected chi connectivity index (χ0v) is 12.1. The quantitative estimate of drug-likeness (QED) is 0.644. The third-order valence-corrected chi connectivity index (χ3v) is 3.85. The SMILES string of the molecule is COc1ccc2ccccc2c1-c1cccc(C)[n+]1C. The fourth-order valence-electron chi connectivity index (χ4n) is 2.63. The maximum Gasteiger partial charge on any atom is 0.216 e. The standard InChI is InChI=1S/C18H18NO/c1-13-7-6-10-16(19(13)2)18-15-9-5-4-8-14(15)11-12-17(18)20-3/h4-12H,1-3H3/q+1. The zero-order chi connectivity index (χ0) is 14.1. The molecule has 3 rings (SSSR count). The molecule has 0 saturated carbocycles. The Kier molecular flexibility index (Phi) is 3.15. The lowest BCUT2D eigenvalue weighted by molar-refractivity contribution is -0.666. The van der Waals surface area contributed by atoms with Gasteiger partial charge in [0.05, 0.1) is 12.7 Å². The second kappa shape index (κ2) is 4.97. The first-order chi connectivity index (χ1) is 9.72. The average Bonchev–Trinajstić information content (AvgIpc) is 2.49. The van der Waals surface area contributed by atoms with Crippen LogP contribution in [0.1, 0.15) is 5.69 Å². The van der Waals surface area contributed by atoms with E-state index in [1.807, 2.05) is 6.07 Å². The summed E-state index contributed by atoms with van der Waals surface area (Å²) >= 11 is 0.